The summed E-state index contributed by atoms with van der Waals surface area (Å²) < 4.78 is 6.87. The Hall–Kier alpha value is -7.76. The number of benzene rings is 9. The predicted molar refractivity (Wildman–Crippen MR) is 241 cm³/mol. The number of furan rings is 1. The van der Waals surface area contributed by atoms with E-state index >= 15 is 0 Å². The zero-order valence-electron chi connectivity index (χ0n) is 31.5. The second kappa shape index (κ2) is 14.1. The fraction of sp³-hybridized carbons (Fsp3) is 0.0189. The maximum Gasteiger partial charge on any atom is 0.160 e. The van der Waals surface area contributed by atoms with Gasteiger partial charge in [-0.1, -0.05) is 152 Å². The van der Waals surface area contributed by atoms with E-state index in [0.29, 0.717) is 5.84 Å². The molecule has 2 heterocycles. The quantitative estimate of drug-likeness (QED) is 0.177. The Bertz CT molecular complexity index is 3170. The molecule has 5 nitrogen and oxygen atoms in total. The van der Waals surface area contributed by atoms with Crippen LogP contribution in [-0.2, 0) is 0 Å². The van der Waals surface area contributed by atoms with Crippen LogP contribution in [0.25, 0.3) is 54.6 Å². The van der Waals surface area contributed by atoms with Gasteiger partial charge in [0.25, 0.3) is 0 Å². The number of aliphatic imine (C=N–C) groups is 2. The van der Waals surface area contributed by atoms with Crippen LogP contribution in [0.5, 0.6) is 0 Å². The summed E-state index contributed by atoms with van der Waals surface area (Å²) in [7, 11) is 0. The molecule has 1 aliphatic rings. The molecule has 0 amide bonds. The van der Waals surface area contributed by atoms with Crippen molar-refractivity contribution >= 4 is 72.2 Å². The summed E-state index contributed by atoms with van der Waals surface area (Å²) in [6.45, 7) is 0. The topological polar surface area (TPSA) is 53.1 Å². The largest absolute Gasteiger partial charge is 0.455 e. The first-order chi connectivity index (χ1) is 28.7. The minimum absolute atomic E-state index is 0.303. The Labute approximate surface area is 335 Å². The number of amidine groups is 2. The molecule has 0 spiro atoms. The highest BCUT2D eigenvalue weighted by molar-refractivity contribution is 6.20. The normalized spacial score (nSPS) is 14.0. The number of hydrogen-bond acceptors (Lipinski definition) is 5. The molecule has 1 N–H and O–H groups in total. The SMILES string of the molecule is c1ccc(C2N=C(c3ccc(-c4cccc5c4oc4cc(N(c6ccccc6)c6ccccc6)ccc45)c4ccccc34)N=C(c3ccc4ccccc4c3)N2)cc1. The third-order valence-corrected chi connectivity index (χ3v) is 11.1. The van der Waals surface area contributed by atoms with E-state index in [0.717, 1.165) is 83.4 Å². The molecule has 0 saturated heterocycles. The van der Waals surface area contributed by atoms with Gasteiger partial charge in [0.15, 0.2) is 5.84 Å². The van der Waals surface area contributed by atoms with Gasteiger partial charge < -0.3 is 14.6 Å². The number of hydrogen-bond donors (Lipinski definition) is 1. The monoisotopic (exact) mass is 744 g/mol. The smallest absolute Gasteiger partial charge is 0.160 e. The van der Waals surface area contributed by atoms with Gasteiger partial charge in [0, 0.05) is 50.6 Å². The van der Waals surface area contributed by atoms with Gasteiger partial charge in [-0.15, -0.1) is 0 Å². The average Bonchev–Trinajstić information content (AvgIpc) is 3.68. The first kappa shape index (κ1) is 33.6. The standard InChI is InChI=1S/C53H36N4O/c1-4-16-36(17-5-1)51-54-52(38-28-27-35-15-10-11-18-37(35)33-38)56-53(55-51)48-32-31-44(42-23-12-13-24-43(42)48)46-25-14-26-47-45-30-29-41(34-49(45)58-50(46)47)57(39-19-6-2-7-20-39)40-21-8-3-9-22-40/h1-34,51H,(H,54,55,56). The third kappa shape index (κ3) is 5.89. The molecule has 10 aromatic rings. The molecule has 0 saturated carbocycles. The summed E-state index contributed by atoms with van der Waals surface area (Å²) in [5, 5.41) is 10.3. The molecule has 274 valence electrons. The average molecular weight is 745 g/mol. The van der Waals surface area contributed by atoms with Gasteiger partial charge in [-0.05, 0) is 81.2 Å². The lowest BCUT2D eigenvalue weighted by Gasteiger charge is -2.25. The molecular formula is C53H36N4O. The van der Waals surface area contributed by atoms with Gasteiger partial charge in [0.1, 0.15) is 23.2 Å². The number of nitrogens with zero attached hydrogens (tertiary/aromatic N) is 3. The molecule has 0 bridgehead atoms. The highest BCUT2D eigenvalue weighted by Gasteiger charge is 2.24. The Balaban J connectivity index is 1.04. The molecule has 58 heavy (non-hydrogen) atoms. The van der Waals surface area contributed by atoms with E-state index in [1.807, 2.05) is 18.2 Å². The Morgan fingerprint density at radius 3 is 1.84 bits per heavy atom. The van der Waals surface area contributed by atoms with Crippen molar-refractivity contribution in [3.8, 4) is 11.1 Å². The summed E-state index contributed by atoms with van der Waals surface area (Å²) in [6.07, 6.45) is -0.303. The lowest BCUT2D eigenvalue weighted by atomic mass is 9.93. The van der Waals surface area contributed by atoms with E-state index < -0.39 is 0 Å². The zero-order valence-corrected chi connectivity index (χ0v) is 31.5. The summed E-state index contributed by atoms with van der Waals surface area (Å²) in [4.78, 5) is 12.8. The highest BCUT2D eigenvalue weighted by Crippen LogP contribution is 2.42. The molecule has 11 rings (SSSR count). The number of para-hydroxylation sites is 3. The van der Waals surface area contributed by atoms with Crippen LogP contribution < -0.4 is 10.2 Å². The molecule has 0 fully saturated rings. The van der Waals surface area contributed by atoms with Crippen LogP contribution in [0.2, 0.25) is 0 Å². The van der Waals surface area contributed by atoms with E-state index in [1.165, 1.54) is 10.8 Å². The molecule has 1 unspecified atom stereocenters. The van der Waals surface area contributed by atoms with Gasteiger partial charge in [-0.2, -0.15) is 0 Å². The lowest BCUT2D eigenvalue weighted by molar-refractivity contribution is 0.670. The van der Waals surface area contributed by atoms with Crippen LogP contribution in [0.1, 0.15) is 22.9 Å². The van der Waals surface area contributed by atoms with Crippen molar-refractivity contribution in [2.45, 2.75) is 6.17 Å². The van der Waals surface area contributed by atoms with Crippen molar-refractivity contribution < 1.29 is 4.42 Å². The van der Waals surface area contributed by atoms with Crippen molar-refractivity contribution in [1.29, 1.82) is 0 Å². The van der Waals surface area contributed by atoms with Crippen molar-refractivity contribution in [1.82, 2.24) is 5.32 Å². The van der Waals surface area contributed by atoms with Crippen molar-refractivity contribution in [2.24, 2.45) is 9.98 Å². The van der Waals surface area contributed by atoms with Crippen molar-refractivity contribution in [3.05, 3.63) is 223 Å². The highest BCUT2D eigenvalue weighted by atomic mass is 16.3. The van der Waals surface area contributed by atoms with Crippen LogP contribution in [0, 0.1) is 0 Å². The van der Waals surface area contributed by atoms with E-state index in [-0.39, 0.29) is 6.17 Å². The Kier molecular flexibility index (Phi) is 8.14. The second-order valence-corrected chi connectivity index (χ2v) is 14.6. The van der Waals surface area contributed by atoms with Gasteiger partial charge in [-0.25, -0.2) is 9.98 Å². The summed E-state index contributed by atoms with van der Waals surface area (Å²) >= 11 is 0. The van der Waals surface area contributed by atoms with Gasteiger partial charge >= 0.3 is 0 Å². The molecular weight excluding hydrogens is 709 g/mol. The van der Waals surface area contributed by atoms with Crippen molar-refractivity contribution in [3.63, 3.8) is 0 Å². The third-order valence-electron chi connectivity index (χ3n) is 11.1. The number of nitrogens with one attached hydrogen (secondary N) is 1. The fourth-order valence-electron chi connectivity index (χ4n) is 8.33. The summed E-state index contributed by atoms with van der Waals surface area (Å²) in [5.41, 5.74) is 10.1. The minimum Gasteiger partial charge on any atom is -0.455 e. The molecule has 1 aliphatic heterocycles. The maximum absolute atomic E-state index is 6.87. The number of anilines is 3. The summed E-state index contributed by atoms with van der Waals surface area (Å²) in [5.74, 6) is 1.48. The fourth-order valence-corrected chi connectivity index (χ4v) is 8.33. The summed E-state index contributed by atoms with van der Waals surface area (Å²) in [6, 6.07) is 72.1. The van der Waals surface area contributed by atoms with E-state index in [9.17, 15) is 0 Å². The first-order valence-electron chi connectivity index (χ1n) is 19.6. The Morgan fingerprint density at radius 2 is 1.09 bits per heavy atom. The molecule has 0 radical (unpaired) electrons. The Morgan fingerprint density at radius 1 is 0.448 bits per heavy atom. The maximum atomic E-state index is 6.87. The van der Waals surface area contributed by atoms with E-state index in [4.69, 9.17) is 14.4 Å². The van der Waals surface area contributed by atoms with Crippen LogP contribution in [-0.4, -0.2) is 11.7 Å². The molecule has 0 aliphatic carbocycles. The lowest BCUT2D eigenvalue weighted by Crippen LogP contribution is -2.33. The van der Waals surface area contributed by atoms with Gasteiger partial charge in [-0.3, -0.25) is 0 Å². The minimum atomic E-state index is -0.303. The first-order valence-corrected chi connectivity index (χ1v) is 19.6. The van der Waals surface area contributed by atoms with Crippen LogP contribution in [0.3, 0.4) is 0 Å². The molecule has 9 aromatic carbocycles. The van der Waals surface area contributed by atoms with Crippen molar-refractivity contribution in [2.75, 3.05) is 4.90 Å². The number of fused-ring (bicyclic) bond motifs is 5. The molecule has 1 atom stereocenters. The van der Waals surface area contributed by atoms with Crippen LogP contribution in [0.15, 0.2) is 221 Å². The number of rotatable bonds is 7. The van der Waals surface area contributed by atoms with Crippen LogP contribution >= 0.6 is 0 Å². The molecule has 1 aromatic heterocycles. The van der Waals surface area contributed by atoms with Gasteiger partial charge in [0.05, 0.1) is 0 Å². The molecule has 5 heteroatoms. The van der Waals surface area contributed by atoms with E-state index in [2.05, 4.69) is 198 Å². The van der Waals surface area contributed by atoms with Crippen LogP contribution in [0.4, 0.5) is 17.1 Å². The second-order valence-electron chi connectivity index (χ2n) is 14.6. The van der Waals surface area contributed by atoms with E-state index in [1.54, 1.807) is 0 Å². The van der Waals surface area contributed by atoms with Gasteiger partial charge in [0.2, 0.25) is 0 Å². The zero-order chi connectivity index (χ0) is 38.4. The predicted octanol–water partition coefficient (Wildman–Crippen LogP) is 13.5.